The number of benzene rings is 1. The van der Waals surface area contributed by atoms with Crippen molar-refractivity contribution in [1.29, 1.82) is 0 Å². The van der Waals surface area contributed by atoms with Gasteiger partial charge in [-0.2, -0.15) is 0 Å². The quantitative estimate of drug-likeness (QED) is 0.403. The van der Waals surface area contributed by atoms with E-state index in [1.807, 2.05) is 51.1 Å². The van der Waals surface area contributed by atoms with E-state index in [0.29, 0.717) is 28.6 Å². The summed E-state index contributed by atoms with van der Waals surface area (Å²) in [5, 5.41) is 15.4. The SMILES string of the molecule is COc1nc2c(cc1-c1c(C)noc1C)[nH]c1nc(C)nc(-c3cccc(C(C)(C)O)c3)c12. The summed E-state index contributed by atoms with van der Waals surface area (Å²) in [6.07, 6.45) is 0. The zero-order valence-electron chi connectivity index (χ0n) is 19.4. The molecule has 0 fully saturated rings. The standard InChI is InChI=1S/C25H25N5O3/c1-12-19(13(2)33-30-12)17-11-18-22(29-24(17)32-6)20-21(26-14(3)27-23(20)28-18)15-8-7-9-16(10-15)25(4,5)31/h7-11,31H,1-6H3,(H,26,27,28). The Kier molecular flexibility index (Phi) is 4.72. The molecule has 0 aliphatic carbocycles. The molecule has 33 heavy (non-hydrogen) atoms. The highest BCUT2D eigenvalue weighted by Crippen LogP contribution is 2.39. The minimum Gasteiger partial charge on any atom is -0.481 e. The molecule has 4 aromatic heterocycles. The Morgan fingerprint density at radius 1 is 1.06 bits per heavy atom. The molecule has 0 aliphatic heterocycles. The van der Waals surface area contributed by atoms with Crippen LogP contribution in [0.15, 0.2) is 34.9 Å². The molecule has 5 aromatic rings. The summed E-state index contributed by atoms with van der Waals surface area (Å²) in [4.78, 5) is 17.6. The van der Waals surface area contributed by atoms with E-state index < -0.39 is 5.60 Å². The summed E-state index contributed by atoms with van der Waals surface area (Å²) < 4.78 is 11.0. The third kappa shape index (κ3) is 3.43. The molecule has 0 bridgehead atoms. The van der Waals surface area contributed by atoms with Gasteiger partial charge in [-0.05, 0) is 52.3 Å². The van der Waals surface area contributed by atoms with Crippen LogP contribution < -0.4 is 4.74 Å². The van der Waals surface area contributed by atoms with Crippen LogP contribution in [0.3, 0.4) is 0 Å². The van der Waals surface area contributed by atoms with Gasteiger partial charge >= 0.3 is 0 Å². The van der Waals surface area contributed by atoms with Crippen LogP contribution in [-0.2, 0) is 5.60 Å². The van der Waals surface area contributed by atoms with Crippen LogP contribution >= 0.6 is 0 Å². The van der Waals surface area contributed by atoms with Crippen LogP contribution in [-0.4, -0.2) is 37.3 Å². The number of rotatable bonds is 4. The lowest BCUT2D eigenvalue weighted by molar-refractivity contribution is 0.0786. The molecule has 1 aromatic carbocycles. The number of ether oxygens (including phenoxy) is 1. The van der Waals surface area contributed by atoms with Gasteiger partial charge < -0.3 is 19.4 Å². The van der Waals surface area contributed by atoms with Crippen LogP contribution in [0.2, 0.25) is 0 Å². The Morgan fingerprint density at radius 3 is 2.52 bits per heavy atom. The van der Waals surface area contributed by atoms with Gasteiger partial charge in [0.2, 0.25) is 5.88 Å². The fourth-order valence-corrected chi connectivity index (χ4v) is 4.26. The highest BCUT2D eigenvalue weighted by molar-refractivity contribution is 6.11. The van der Waals surface area contributed by atoms with Crippen molar-refractivity contribution in [1.82, 2.24) is 25.1 Å². The Bertz CT molecular complexity index is 1510. The van der Waals surface area contributed by atoms with Crippen molar-refractivity contribution in [2.45, 2.75) is 40.2 Å². The number of aryl methyl sites for hydroxylation is 3. The van der Waals surface area contributed by atoms with Crippen LogP contribution in [0.1, 0.15) is 36.7 Å². The number of methoxy groups -OCH3 is 1. The van der Waals surface area contributed by atoms with Crippen molar-refractivity contribution in [2.75, 3.05) is 7.11 Å². The summed E-state index contributed by atoms with van der Waals surface area (Å²) >= 11 is 0. The number of nitrogens with zero attached hydrogens (tertiary/aromatic N) is 4. The first-order valence-corrected chi connectivity index (χ1v) is 10.7. The average molecular weight is 444 g/mol. The number of aliphatic hydroxyl groups is 1. The van der Waals surface area contributed by atoms with Crippen molar-refractivity contribution in [3.63, 3.8) is 0 Å². The van der Waals surface area contributed by atoms with Gasteiger partial charge in [-0.25, -0.2) is 15.0 Å². The van der Waals surface area contributed by atoms with E-state index in [0.717, 1.165) is 44.5 Å². The molecule has 8 heteroatoms. The molecular weight excluding hydrogens is 418 g/mol. The highest BCUT2D eigenvalue weighted by atomic mass is 16.5. The van der Waals surface area contributed by atoms with Gasteiger partial charge in [-0.15, -0.1) is 0 Å². The fraction of sp³-hybridized carbons (Fsp3) is 0.280. The van der Waals surface area contributed by atoms with Crippen molar-refractivity contribution < 1.29 is 14.4 Å². The average Bonchev–Trinajstić information content (AvgIpc) is 3.29. The van der Waals surface area contributed by atoms with Crippen LogP contribution in [0.5, 0.6) is 5.88 Å². The predicted molar refractivity (Wildman–Crippen MR) is 126 cm³/mol. The molecule has 2 N–H and O–H groups in total. The molecule has 0 amide bonds. The lowest BCUT2D eigenvalue weighted by atomic mass is 9.95. The number of hydrogen-bond donors (Lipinski definition) is 2. The Balaban J connectivity index is 1.82. The molecular formula is C25H25N5O3. The number of fused-ring (bicyclic) bond motifs is 3. The number of aromatic nitrogens is 5. The van der Waals surface area contributed by atoms with E-state index in [1.165, 1.54) is 0 Å². The molecule has 168 valence electrons. The van der Waals surface area contributed by atoms with E-state index in [1.54, 1.807) is 21.0 Å². The van der Waals surface area contributed by atoms with Gasteiger partial charge in [-0.3, -0.25) is 0 Å². The maximum Gasteiger partial charge on any atom is 0.221 e. The smallest absolute Gasteiger partial charge is 0.221 e. The maximum atomic E-state index is 10.5. The first kappa shape index (κ1) is 21.1. The van der Waals surface area contributed by atoms with Crippen LogP contribution in [0, 0.1) is 20.8 Å². The van der Waals surface area contributed by atoms with Gasteiger partial charge in [0.1, 0.15) is 22.7 Å². The monoisotopic (exact) mass is 443 g/mol. The lowest BCUT2D eigenvalue weighted by Gasteiger charge is -2.18. The minimum atomic E-state index is -0.970. The number of H-pyrrole nitrogens is 1. The normalized spacial score (nSPS) is 12.1. The third-order valence-corrected chi connectivity index (χ3v) is 5.84. The fourth-order valence-electron chi connectivity index (χ4n) is 4.26. The van der Waals surface area contributed by atoms with Gasteiger partial charge in [0.25, 0.3) is 0 Å². The topological polar surface area (TPSA) is 110 Å². The summed E-state index contributed by atoms with van der Waals surface area (Å²) in [6, 6.07) is 9.74. The van der Waals surface area contributed by atoms with Crippen molar-refractivity contribution in [2.24, 2.45) is 0 Å². The number of hydrogen-bond acceptors (Lipinski definition) is 7. The van der Waals surface area contributed by atoms with E-state index in [2.05, 4.69) is 15.1 Å². The molecule has 0 spiro atoms. The molecule has 8 nitrogen and oxygen atoms in total. The van der Waals surface area contributed by atoms with Crippen LogP contribution in [0.25, 0.3) is 44.5 Å². The Labute approximate surface area is 190 Å². The summed E-state index contributed by atoms with van der Waals surface area (Å²) in [7, 11) is 1.60. The molecule has 0 atom stereocenters. The van der Waals surface area contributed by atoms with Crippen molar-refractivity contribution in [3.05, 3.63) is 53.2 Å². The number of nitrogens with one attached hydrogen (secondary N) is 1. The van der Waals surface area contributed by atoms with E-state index in [4.69, 9.17) is 19.2 Å². The first-order chi connectivity index (χ1) is 15.7. The van der Waals surface area contributed by atoms with Gasteiger partial charge in [0.15, 0.2) is 0 Å². The third-order valence-electron chi connectivity index (χ3n) is 5.84. The summed E-state index contributed by atoms with van der Waals surface area (Å²) in [5.41, 5.74) is 6.08. The number of pyridine rings is 1. The second-order valence-electron chi connectivity index (χ2n) is 8.75. The molecule has 0 saturated carbocycles. The molecule has 0 saturated heterocycles. The van der Waals surface area contributed by atoms with Crippen molar-refractivity contribution >= 4 is 22.1 Å². The molecule has 4 heterocycles. The zero-order valence-corrected chi connectivity index (χ0v) is 19.4. The van der Waals surface area contributed by atoms with Gasteiger partial charge in [0.05, 0.1) is 46.1 Å². The summed E-state index contributed by atoms with van der Waals surface area (Å²) in [6.45, 7) is 9.15. The van der Waals surface area contributed by atoms with Crippen LogP contribution in [0.4, 0.5) is 0 Å². The summed E-state index contributed by atoms with van der Waals surface area (Å²) in [5.74, 6) is 1.80. The van der Waals surface area contributed by atoms with Gasteiger partial charge in [-0.1, -0.05) is 23.4 Å². The predicted octanol–water partition coefficient (Wildman–Crippen LogP) is 4.99. The Hall–Kier alpha value is -3.78. The van der Waals surface area contributed by atoms with Crippen molar-refractivity contribution in [3.8, 4) is 28.3 Å². The highest BCUT2D eigenvalue weighted by Gasteiger charge is 2.23. The molecule has 5 rings (SSSR count). The zero-order chi connectivity index (χ0) is 23.5. The molecule has 0 aliphatic rings. The Morgan fingerprint density at radius 2 is 1.85 bits per heavy atom. The lowest BCUT2D eigenvalue weighted by Crippen LogP contribution is -2.15. The number of aromatic amines is 1. The van der Waals surface area contributed by atoms with E-state index >= 15 is 0 Å². The minimum absolute atomic E-state index is 0.467. The maximum absolute atomic E-state index is 10.5. The largest absolute Gasteiger partial charge is 0.481 e. The first-order valence-electron chi connectivity index (χ1n) is 10.7. The van der Waals surface area contributed by atoms with E-state index in [9.17, 15) is 5.11 Å². The van der Waals surface area contributed by atoms with Gasteiger partial charge in [0, 0.05) is 5.56 Å². The second-order valence-corrected chi connectivity index (χ2v) is 8.75. The molecule has 0 unspecified atom stereocenters. The molecule has 0 radical (unpaired) electrons. The second kappa shape index (κ2) is 7.38. The van der Waals surface area contributed by atoms with E-state index in [-0.39, 0.29) is 0 Å².